The molecule has 1 aliphatic heterocycles. The number of anilines is 2. The van der Waals surface area contributed by atoms with Gasteiger partial charge in [-0.3, -0.25) is 0 Å². The molecule has 0 radical (unpaired) electrons. The molecule has 0 aliphatic carbocycles. The number of benzene rings is 3. The van der Waals surface area contributed by atoms with Gasteiger partial charge in [-0.1, -0.05) is 48.0 Å². The number of amides is 2. The van der Waals surface area contributed by atoms with Crippen LogP contribution in [-0.2, 0) is 6.54 Å². The van der Waals surface area contributed by atoms with E-state index in [1.807, 2.05) is 48.2 Å². The first-order valence-corrected chi connectivity index (χ1v) is 11.6. The molecule has 1 aliphatic rings. The van der Waals surface area contributed by atoms with Crippen molar-refractivity contribution in [3.8, 4) is 11.1 Å². The summed E-state index contributed by atoms with van der Waals surface area (Å²) in [6.07, 6.45) is 0. The number of nitrogen functional groups attached to an aromatic ring is 1. The summed E-state index contributed by atoms with van der Waals surface area (Å²) >= 11 is 0. The summed E-state index contributed by atoms with van der Waals surface area (Å²) in [5, 5.41) is 3.89. The van der Waals surface area contributed by atoms with Crippen molar-refractivity contribution in [1.82, 2.24) is 20.2 Å². The highest BCUT2D eigenvalue weighted by molar-refractivity contribution is 5.94. The van der Waals surface area contributed by atoms with Gasteiger partial charge in [0.05, 0.1) is 5.52 Å². The number of hydrogen-bond donors (Lipinski definition) is 2. The molecule has 35 heavy (non-hydrogen) atoms. The van der Waals surface area contributed by atoms with Crippen LogP contribution >= 0.6 is 0 Å². The number of rotatable bonds is 4. The fourth-order valence-corrected chi connectivity index (χ4v) is 4.43. The lowest BCUT2D eigenvalue weighted by molar-refractivity contribution is 0.194. The number of hydrogen-bond acceptors (Lipinski definition) is 5. The number of aromatic nitrogens is 2. The number of aryl methyl sites for hydroxylation is 1. The van der Waals surface area contributed by atoms with Gasteiger partial charge in [-0.25, -0.2) is 14.2 Å². The number of nitrogens with two attached hydrogens (primary N) is 1. The summed E-state index contributed by atoms with van der Waals surface area (Å²) < 4.78 is 13.4. The highest BCUT2D eigenvalue weighted by Crippen LogP contribution is 2.30. The molecule has 2 amide bonds. The van der Waals surface area contributed by atoms with E-state index in [2.05, 4.69) is 26.3 Å². The Balaban J connectivity index is 1.31. The molecule has 7 nitrogen and oxygen atoms in total. The number of piperazine rings is 1. The van der Waals surface area contributed by atoms with Gasteiger partial charge in [0.25, 0.3) is 0 Å². The van der Waals surface area contributed by atoms with Gasteiger partial charge in [0.15, 0.2) is 0 Å². The average Bonchev–Trinajstić information content (AvgIpc) is 2.87. The van der Waals surface area contributed by atoms with E-state index < -0.39 is 0 Å². The maximum Gasteiger partial charge on any atom is 0.317 e. The van der Waals surface area contributed by atoms with E-state index in [9.17, 15) is 9.18 Å². The molecule has 4 aromatic rings. The Labute approximate surface area is 203 Å². The van der Waals surface area contributed by atoms with Gasteiger partial charge in [0.2, 0.25) is 5.95 Å². The zero-order valence-electron chi connectivity index (χ0n) is 19.5. The first kappa shape index (κ1) is 22.6. The number of fused-ring (bicyclic) bond motifs is 1. The molecule has 3 aromatic carbocycles. The Morgan fingerprint density at radius 3 is 2.46 bits per heavy atom. The zero-order valence-corrected chi connectivity index (χ0v) is 19.5. The van der Waals surface area contributed by atoms with Crippen molar-refractivity contribution in [2.24, 2.45) is 0 Å². The van der Waals surface area contributed by atoms with Gasteiger partial charge in [0.1, 0.15) is 11.6 Å². The van der Waals surface area contributed by atoms with E-state index >= 15 is 0 Å². The number of halogens is 1. The smallest absolute Gasteiger partial charge is 0.317 e. The summed E-state index contributed by atoms with van der Waals surface area (Å²) in [6.45, 7) is 4.94. The fraction of sp³-hybridized carbons (Fsp3) is 0.222. The van der Waals surface area contributed by atoms with Crippen molar-refractivity contribution in [3.63, 3.8) is 0 Å². The molecular weight excluding hydrogens is 443 g/mol. The van der Waals surface area contributed by atoms with Crippen molar-refractivity contribution in [2.45, 2.75) is 13.5 Å². The average molecular weight is 471 g/mol. The Kier molecular flexibility index (Phi) is 6.18. The third-order valence-electron chi connectivity index (χ3n) is 6.26. The van der Waals surface area contributed by atoms with Gasteiger partial charge >= 0.3 is 6.03 Å². The minimum atomic E-state index is -0.271. The minimum Gasteiger partial charge on any atom is -0.368 e. The Morgan fingerprint density at radius 2 is 1.71 bits per heavy atom. The summed E-state index contributed by atoms with van der Waals surface area (Å²) in [6, 6.07) is 20.3. The first-order valence-electron chi connectivity index (χ1n) is 11.6. The summed E-state index contributed by atoms with van der Waals surface area (Å²) in [4.78, 5) is 25.6. The van der Waals surface area contributed by atoms with Crippen LogP contribution in [0.15, 0.2) is 66.7 Å². The minimum absolute atomic E-state index is 0.0724. The summed E-state index contributed by atoms with van der Waals surface area (Å²) in [5.41, 5.74) is 10.9. The molecule has 1 saturated heterocycles. The van der Waals surface area contributed by atoms with E-state index in [-0.39, 0.29) is 17.8 Å². The van der Waals surface area contributed by atoms with Gasteiger partial charge in [-0.05, 0) is 47.9 Å². The standard InChI is InChI=1S/C27H27FN6O/c1-18-3-2-4-19(15-18)17-30-27(35)34-13-11-33(12-14-34)25-23-16-21(20-5-8-22(28)9-6-20)7-10-24(23)31-26(29)32-25/h2-10,15-16H,11-14,17H2,1H3,(H,30,35)(H2,29,31,32). The molecular formula is C27H27FN6O. The van der Waals surface area contributed by atoms with Gasteiger partial charge in [0, 0.05) is 38.1 Å². The van der Waals surface area contributed by atoms with Crippen molar-refractivity contribution in [2.75, 3.05) is 36.8 Å². The molecule has 0 saturated carbocycles. The second-order valence-electron chi connectivity index (χ2n) is 8.77. The third-order valence-corrected chi connectivity index (χ3v) is 6.26. The third kappa shape index (κ3) is 5.01. The van der Waals surface area contributed by atoms with Crippen LogP contribution in [0.4, 0.5) is 21.0 Å². The topological polar surface area (TPSA) is 87.4 Å². The SMILES string of the molecule is Cc1cccc(CNC(=O)N2CCN(c3nc(N)nc4ccc(-c5ccc(F)cc5)cc34)CC2)c1. The van der Waals surface area contributed by atoms with Crippen LogP contribution in [0, 0.1) is 12.7 Å². The molecule has 178 valence electrons. The molecule has 5 rings (SSSR count). The van der Waals surface area contributed by atoms with E-state index in [0.717, 1.165) is 33.4 Å². The monoisotopic (exact) mass is 470 g/mol. The number of carbonyl (C=O) groups is 1. The van der Waals surface area contributed by atoms with Crippen LogP contribution in [0.1, 0.15) is 11.1 Å². The van der Waals surface area contributed by atoms with E-state index in [4.69, 9.17) is 5.73 Å². The lowest BCUT2D eigenvalue weighted by Crippen LogP contribution is -2.52. The molecule has 0 unspecified atom stereocenters. The molecule has 3 N–H and O–H groups in total. The molecule has 8 heteroatoms. The largest absolute Gasteiger partial charge is 0.368 e. The maximum absolute atomic E-state index is 13.4. The molecule has 2 heterocycles. The molecule has 0 atom stereocenters. The molecule has 1 fully saturated rings. The number of nitrogens with one attached hydrogen (secondary N) is 1. The fourth-order valence-electron chi connectivity index (χ4n) is 4.43. The second-order valence-corrected chi connectivity index (χ2v) is 8.77. The summed E-state index contributed by atoms with van der Waals surface area (Å²) in [5.74, 6) is 0.684. The van der Waals surface area contributed by atoms with Crippen LogP contribution < -0.4 is 16.0 Å². The predicted octanol–water partition coefficient (Wildman–Crippen LogP) is 4.36. The lowest BCUT2D eigenvalue weighted by atomic mass is 10.0. The van der Waals surface area contributed by atoms with Crippen LogP contribution in [-0.4, -0.2) is 47.1 Å². The van der Waals surface area contributed by atoms with Gasteiger partial charge < -0.3 is 20.9 Å². The quantitative estimate of drug-likeness (QED) is 0.463. The molecule has 0 bridgehead atoms. The number of urea groups is 1. The van der Waals surface area contributed by atoms with Crippen LogP contribution in [0.25, 0.3) is 22.0 Å². The second kappa shape index (κ2) is 9.58. The van der Waals surface area contributed by atoms with Crippen LogP contribution in [0.3, 0.4) is 0 Å². The number of carbonyl (C=O) groups excluding carboxylic acids is 1. The van der Waals surface area contributed by atoms with Crippen LogP contribution in [0.5, 0.6) is 0 Å². The van der Waals surface area contributed by atoms with Crippen molar-refractivity contribution in [1.29, 1.82) is 0 Å². The highest BCUT2D eigenvalue weighted by atomic mass is 19.1. The van der Waals surface area contributed by atoms with Crippen LogP contribution in [0.2, 0.25) is 0 Å². The van der Waals surface area contributed by atoms with Gasteiger partial charge in [-0.2, -0.15) is 4.98 Å². The number of nitrogens with zero attached hydrogens (tertiary/aromatic N) is 4. The van der Waals surface area contributed by atoms with Gasteiger partial charge in [-0.15, -0.1) is 0 Å². The van der Waals surface area contributed by atoms with E-state index in [0.29, 0.717) is 32.7 Å². The summed E-state index contributed by atoms with van der Waals surface area (Å²) in [7, 11) is 0. The Bertz CT molecular complexity index is 1370. The van der Waals surface area contributed by atoms with E-state index in [1.165, 1.54) is 17.7 Å². The molecule has 0 spiro atoms. The Morgan fingerprint density at radius 1 is 0.971 bits per heavy atom. The van der Waals surface area contributed by atoms with Crippen molar-refractivity contribution < 1.29 is 9.18 Å². The first-order chi connectivity index (χ1) is 17.0. The zero-order chi connectivity index (χ0) is 24.4. The van der Waals surface area contributed by atoms with E-state index in [1.54, 1.807) is 12.1 Å². The molecule has 1 aromatic heterocycles. The van der Waals surface area contributed by atoms with Crippen molar-refractivity contribution >= 4 is 28.7 Å². The normalized spacial score (nSPS) is 13.8. The Hall–Kier alpha value is -4.20. The predicted molar refractivity (Wildman–Crippen MR) is 137 cm³/mol. The highest BCUT2D eigenvalue weighted by Gasteiger charge is 2.24. The maximum atomic E-state index is 13.4. The lowest BCUT2D eigenvalue weighted by Gasteiger charge is -2.35. The van der Waals surface area contributed by atoms with Crippen molar-refractivity contribution in [3.05, 3.63) is 83.7 Å².